The third-order valence-electron chi connectivity index (χ3n) is 5.30. The van der Waals surface area contributed by atoms with Crippen molar-refractivity contribution in [1.29, 1.82) is 0 Å². The van der Waals surface area contributed by atoms with Crippen molar-refractivity contribution in [3.8, 4) is 0 Å². The summed E-state index contributed by atoms with van der Waals surface area (Å²) < 4.78 is 27.9. The van der Waals surface area contributed by atoms with E-state index >= 15 is 0 Å². The topological polar surface area (TPSA) is 92.5 Å². The maximum atomic E-state index is 12.7. The molecule has 0 heterocycles. The van der Waals surface area contributed by atoms with E-state index in [1.54, 1.807) is 23.1 Å². The number of nitrogens with one attached hydrogen (secondary N) is 1. The minimum atomic E-state index is -3.64. The monoisotopic (exact) mass is 439 g/mol. The van der Waals surface area contributed by atoms with Crippen LogP contribution in [-0.2, 0) is 27.8 Å². The molecule has 0 radical (unpaired) electrons. The zero-order chi connectivity index (χ0) is 22.3. The molecule has 0 unspecified atom stereocenters. The first-order valence-electron chi connectivity index (χ1n) is 10.4. The van der Waals surface area contributed by atoms with Gasteiger partial charge in [0.2, 0.25) is 15.9 Å². The van der Waals surface area contributed by atoms with Crippen molar-refractivity contribution in [3.05, 3.63) is 77.9 Å². The molecule has 3 rings (SSSR count). The highest BCUT2D eigenvalue weighted by atomic mass is 32.2. The van der Waals surface area contributed by atoms with Crippen LogP contribution in [0.5, 0.6) is 0 Å². The number of sulfonamides is 1. The summed E-state index contributed by atoms with van der Waals surface area (Å²) in [6.07, 6.45) is 1.65. The van der Waals surface area contributed by atoms with Crippen molar-refractivity contribution in [1.82, 2.24) is 9.62 Å². The van der Waals surface area contributed by atoms with E-state index in [1.807, 2.05) is 36.4 Å². The van der Waals surface area contributed by atoms with Crippen LogP contribution in [0.1, 0.15) is 24.5 Å². The molecule has 3 N–H and O–H groups in total. The standard InChI is InChI=1S/C24H29N3O3S/c1-19(28)27(15-4-5-20-8-10-21(18-25)11-9-20)16-14-26-31(29,30)24-13-12-22-6-2-3-7-23(22)17-24/h2-3,6-13,17,26H,4-5,14-16,18,25H2,1H3. The van der Waals surface area contributed by atoms with Gasteiger partial charge in [0, 0.05) is 33.1 Å². The van der Waals surface area contributed by atoms with E-state index in [9.17, 15) is 13.2 Å². The van der Waals surface area contributed by atoms with Crippen LogP contribution < -0.4 is 10.5 Å². The number of aryl methyl sites for hydroxylation is 1. The summed E-state index contributed by atoms with van der Waals surface area (Å²) in [6.45, 7) is 3.10. The van der Waals surface area contributed by atoms with Crippen molar-refractivity contribution in [2.75, 3.05) is 19.6 Å². The van der Waals surface area contributed by atoms with Crippen LogP contribution in [0.4, 0.5) is 0 Å². The van der Waals surface area contributed by atoms with E-state index in [0.29, 0.717) is 19.6 Å². The number of hydrogen-bond donors (Lipinski definition) is 2. The van der Waals surface area contributed by atoms with Gasteiger partial charge in [-0.2, -0.15) is 0 Å². The summed E-state index contributed by atoms with van der Waals surface area (Å²) in [5, 5.41) is 1.86. The number of nitrogens with two attached hydrogens (primary N) is 1. The number of hydrogen-bond acceptors (Lipinski definition) is 4. The molecule has 0 saturated carbocycles. The van der Waals surface area contributed by atoms with Gasteiger partial charge in [0.15, 0.2) is 0 Å². The highest BCUT2D eigenvalue weighted by molar-refractivity contribution is 7.89. The summed E-state index contributed by atoms with van der Waals surface area (Å²) in [4.78, 5) is 13.9. The molecule has 7 heteroatoms. The fraction of sp³-hybridized carbons (Fsp3) is 0.292. The van der Waals surface area contributed by atoms with E-state index in [4.69, 9.17) is 5.73 Å². The Morgan fingerprint density at radius 2 is 1.61 bits per heavy atom. The zero-order valence-electron chi connectivity index (χ0n) is 17.8. The average Bonchev–Trinajstić information content (AvgIpc) is 2.78. The molecule has 0 spiro atoms. The van der Waals surface area contributed by atoms with Crippen LogP contribution in [0.3, 0.4) is 0 Å². The lowest BCUT2D eigenvalue weighted by atomic mass is 10.1. The van der Waals surface area contributed by atoms with Crippen molar-refractivity contribution >= 4 is 26.7 Å². The van der Waals surface area contributed by atoms with Crippen molar-refractivity contribution in [3.63, 3.8) is 0 Å². The molecule has 0 atom stereocenters. The van der Waals surface area contributed by atoms with Gasteiger partial charge in [-0.05, 0) is 46.9 Å². The molecule has 0 fully saturated rings. The number of amides is 1. The molecule has 1 amide bonds. The van der Waals surface area contributed by atoms with Gasteiger partial charge in [0.05, 0.1) is 4.90 Å². The SMILES string of the molecule is CC(=O)N(CCCc1ccc(CN)cc1)CCNS(=O)(=O)c1ccc2ccccc2c1. The zero-order valence-corrected chi connectivity index (χ0v) is 18.6. The molecule has 0 aliphatic carbocycles. The first kappa shape index (κ1) is 22.9. The first-order chi connectivity index (χ1) is 14.9. The second kappa shape index (κ2) is 10.5. The van der Waals surface area contributed by atoms with Gasteiger partial charge >= 0.3 is 0 Å². The van der Waals surface area contributed by atoms with Gasteiger partial charge in [-0.25, -0.2) is 13.1 Å². The fourth-order valence-electron chi connectivity index (χ4n) is 3.48. The molecule has 31 heavy (non-hydrogen) atoms. The summed E-state index contributed by atoms with van der Waals surface area (Å²) in [6, 6.07) is 20.8. The summed E-state index contributed by atoms with van der Waals surface area (Å²) in [5.74, 6) is -0.0663. The largest absolute Gasteiger partial charge is 0.342 e. The minimum absolute atomic E-state index is 0.0663. The fourth-order valence-corrected chi connectivity index (χ4v) is 4.53. The van der Waals surface area contributed by atoms with E-state index < -0.39 is 10.0 Å². The Balaban J connectivity index is 1.52. The summed E-state index contributed by atoms with van der Waals surface area (Å²) in [5.41, 5.74) is 7.90. The average molecular weight is 440 g/mol. The van der Waals surface area contributed by atoms with Crippen LogP contribution in [0.15, 0.2) is 71.6 Å². The van der Waals surface area contributed by atoms with Gasteiger partial charge in [0.1, 0.15) is 0 Å². The minimum Gasteiger partial charge on any atom is -0.342 e. The number of carbonyl (C=O) groups is 1. The van der Waals surface area contributed by atoms with E-state index in [0.717, 1.165) is 29.2 Å². The third kappa shape index (κ3) is 6.37. The molecule has 6 nitrogen and oxygen atoms in total. The van der Waals surface area contributed by atoms with Crippen molar-refractivity contribution in [2.24, 2.45) is 5.73 Å². The van der Waals surface area contributed by atoms with Gasteiger partial charge in [-0.15, -0.1) is 0 Å². The molecular weight excluding hydrogens is 410 g/mol. The molecular formula is C24H29N3O3S. The molecule has 0 saturated heterocycles. The number of carbonyl (C=O) groups excluding carboxylic acids is 1. The third-order valence-corrected chi connectivity index (χ3v) is 6.76. The predicted molar refractivity (Wildman–Crippen MR) is 124 cm³/mol. The molecule has 0 aromatic heterocycles. The maximum absolute atomic E-state index is 12.7. The van der Waals surface area contributed by atoms with E-state index in [1.165, 1.54) is 12.5 Å². The lowest BCUT2D eigenvalue weighted by molar-refractivity contribution is -0.128. The van der Waals surface area contributed by atoms with Crippen LogP contribution in [-0.4, -0.2) is 38.9 Å². The second-order valence-electron chi connectivity index (χ2n) is 7.54. The van der Waals surface area contributed by atoms with Gasteiger partial charge in [0.25, 0.3) is 0 Å². The molecule has 0 aliphatic heterocycles. The number of nitrogens with zero attached hydrogens (tertiary/aromatic N) is 1. The predicted octanol–water partition coefficient (Wildman–Crippen LogP) is 3.06. The lowest BCUT2D eigenvalue weighted by Crippen LogP contribution is -2.38. The smallest absolute Gasteiger partial charge is 0.240 e. The first-order valence-corrected chi connectivity index (χ1v) is 11.9. The van der Waals surface area contributed by atoms with Crippen molar-refractivity contribution < 1.29 is 13.2 Å². The Morgan fingerprint density at radius 3 is 2.29 bits per heavy atom. The van der Waals surface area contributed by atoms with Gasteiger partial charge < -0.3 is 10.6 Å². The summed E-state index contributed by atoms with van der Waals surface area (Å²) in [7, 11) is -3.64. The number of fused-ring (bicyclic) bond motifs is 1. The molecule has 164 valence electrons. The Kier molecular flexibility index (Phi) is 7.79. The quantitative estimate of drug-likeness (QED) is 0.508. The van der Waals surface area contributed by atoms with Crippen molar-refractivity contribution in [2.45, 2.75) is 31.2 Å². The molecule has 3 aromatic carbocycles. The van der Waals surface area contributed by atoms with Crippen LogP contribution in [0, 0.1) is 0 Å². The Labute approximate surface area is 184 Å². The normalized spacial score (nSPS) is 11.5. The molecule has 0 aliphatic rings. The second-order valence-corrected chi connectivity index (χ2v) is 9.30. The highest BCUT2D eigenvalue weighted by Crippen LogP contribution is 2.18. The molecule has 0 bridgehead atoms. The van der Waals surface area contributed by atoms with E-state index in [-0.39, 0.29) is 17.3 Å². The Hall–Kier alpha value is -2.74. The van der Waals surface area contributed by atoms with Crippen LogP contribution in [0.2, 0.25) is 0 Å². The van der Waals surface area contributed by atoms with Crippen LogP contribution in [0.25, 0.3) is 10.8 Å². The van der Waals surface area contributed by atoms with Gasteiger partial charge in [-0.3, -0.25) is 4.79 Å². The van der Waals surface area contributed by atoms with E-state index in [2.05, 4.69) is 16.9 Å². The lowest BCUT2D eigenvalue weighted by Gasteiger charge is -2.21. The Morgan fingerprint density at radius 1 is 0.935 bits per heavy atom. The highest BCUT2D eigenvalue weighted by Gasteiger charge is 2.15. The molecule has 3 aromatic rings. The number of benzene rings is 3. The number of rotatable bonds is 10. The Bertz CT molecular complexity index is 1130. The summed E-state index contributed by atoms with van der Waals surface area (Å²) >= 11 is 0. The van der Waals surface area contributed by atoms with Gasteiger partial charge in [-0.1, -0.05) is 54.6 Å². The maximum Gasteiger partial charge on any atom is 0.240 e. The van der Waals surface area contributed by atoms with Crippen LogP contribution >= 0.6 is 0 Å².